The maximum atomic E-state index is 12.1. The standard InChI is InChI=1S/C15H16N2O4S2/c1-11-14(22-13(16-11)10-21-2)15(18)17-23(19,20)9-8-12-6-4-3-5-7-12/h3-9H,10H2,1-2H3,(H,17,18). The molecule has 0 aliphatic carbocycles. The molecule has 122 valence electrons. The smallest absolute Gasteiger partial charge is 0.276 e. The number of methoxy groups -OCH3 is 1. The number of nitrogens with zero attached hydrogens (tertiary/aromatic N) is 1. The highest BCUT2D eigenvalue weighted by Gasteiger charge is 2.19. The maximum absolute atomic E-state index is 12.1. The van der Waals surface area contributed by atoms with Crippen LogP contribution in [0.1, 0.15) is 25.9 Å². The molecule has 1 aromatic carbocycles. The topological polar surface area (TPSA) is 85.4 Å². The molecule has 1 heterocycles. The van der Waals surface area contributed by atoms with Gasteiger partial charge in [-0.05, 0) is 18.6 Å². The number of benzene rings is 1. The van der Waals surface area contributed by atoms with Crippen LogP contribution in [0, 0.1) is 6.92 Å². The van der Waals surface area contributed by atoms with E-state index in [9.17, 15) is 13.2 Å². The molecule has 0 aliphatic heterocycles. The van der Waals surface area contributed by atoms with Crippen molar-refractivity contribution in [3.63, 3.8) is 0 Å². The van der Waals surface area contributed by atoms with Gasteiger partial charge in [-0.1, -0.05) is 30.3 Å². The lowest BCUT2D eigenvalue weighted by Crippen LogP contribution is -2.28. The van der Waals surface area contributed by atoms with E-state index in [1.165, 1.54) is 13.2 Å². The van der Waals surface area contributed by atoms with Crippen molar-refractivity contribution in [1.29, 1.82) is 0 Å². The zero-order chi connectivity index (χ0) is 16.9. The summed E-state index contributed by atoms with van der Waals surface area (Å²) in [5, 5.41) is 1.58. The average Bonchev–Trinajstić information content (AvgIpc) is 2.87. The lowest BCUT2D eigenvalue weighted by atomic mass is 10.2. The van der Waals surface area contributed by atoms with E-state index in [4.69, 9.17) is 4.74 Å². The van der Waals surface area contributed by atoms with Gasteiger partial charge in [0.1, 0.15) is 9.88 Å². The molecule has 0 aliphatic rings. The quantitative estimate of drug-likeness (QED) is 0.862. The number of aryl methyl sites for hydroxylation is 1. The molecular formula is C15H16N2O4S2. The van der Waals surface area contributed by atoms with Crippen molar-refractivity contribution in [2.75, 3.05) is 7.11 Å². The van der Waals surface area contributed by atoms with Gasteiger partial charge in [-0.25, -0.2) is 18.1 Å². The number of carbonyl (C=O) groups is 1. The number of nitrogens with one attached hydrogen (secondary N) is 1. The number of hydrogen-bond acceptors (Lipinski definition) is 6. The molecule has 1 amide bonds. The molecule has 6 nitrogen and oxygen atoms in total. The van der Waals surface area contributed by atoms with Crippen LogP contribution in [0.3, 0.4) is 0 Å². The van der Waals surface area contributed by atoms with E-state index in [1.807, 2.05) is 10.8 Å². The number of hydrogen-bond donors (Lipinski definition) is 1. The predicted molar refractivity (Wildman–Crippen MR) is 89.4 cm³/mol. The molecule has 0 bridgehead atoms. The summed E-state index contributed by atoms with van der Waals surface area (Å²) in [5.41, 5.74) is 1.20. The fourth-order valence-corrected chi connectivity index (χ4v) is 3.55. The molecular weight excluding hydrogens is 336 g/mol. The molecule has 0 saturated carbocycles. The van der Waals surface area contributed by atoms with Crippen LogP contribution >= 0.6 is 11.3 Å². The van der Waals surface area contributed by atoms with Crippen molar-refractivity contribution >= 4 is 33.3 Å². The predicted octanol–water partition coefficient (Wildman–Crippen LogP) is 2.33. The highest BCUT2D eigenvalue weighted by molar-refractivity contribution is 7.93. The third kappa shape index (κ3) is 4.98. The molecule has 2 rings (SSSR count). The summed E-state index contributed by atoms with van der Waals surface area (Å²) in [5.74, 6) is -0.694. The van der Waals surface area contributed by atoms with Crippen LogP contribution in [0.2, 0.25) is 0 Å². The minimum absolute atomic E-state index is 0.258. The average molecular weight is 352 g/mol. The minimum atomic E-state index is -3.88. The van der Waals surface area contributed by atoms with Gasteiger partial charge in [0.25, 0.3) is 15.9 Å². The van der Waals surface area contributed by atoms with E-state index in [0.29, 0.717) is 10.7 Å². The molecule has 8 heteroatoms. The number of ether oxygens (including phenoxy) is 1. The first kappa shape index (κ1) is 17.3. The fraction of sp³-hybridized carbons (Fsp3) is 0.200. The van der Waals surface area contributed by atoms with Gasteiger partial charge in [0.05, 0.1) is 17.7 Å². The highest BCUT2D eigenvalue weighted by Crippen LogP contribution is 2.19. The highest BCUT2D eigenvalue weighted by atomic mass is 32.2. The molecule has 0 unspecified atom stereocenters. The van der Waals surface area contributed by atoms with Crippen LogP contribution in [0.15, 0.2) is 35.7 Å². The van der Waals surface area contributed by atoms with E-state index < -0.39 is 15.9 Å². The molecule has 0 saturated heterocycles. The number of thiazole rings is 1. The summed E-state index contributed by atoms with van der Waals surface area (Å²) in [6.07, 6.45) is 1.42. The molecule has 0 atom stereocenters. The van der Waals surface area contributed by atoms with E-state index >= 15 is 0 Å². The second kappa shape index (κ2) is 7.49. The van der Waals surface area contributed by atoms with E-state index in [-0.39, 0.29) is 11.5 Å². The van der Waals surface area contributed by atoms with Crippen LogP contribution in [-0.2, 0) is 21.4 Å². The molecule has 23 heavy (non-hydrogen) atoms. The van der Waals surface area contributed by atoms with Crippen molar-refractivity contribution in [2.45, 2.75) is 13.5 Å². The van der Waals surface area contributed by atoms with Gasteiger partial charge in [0, 0.05) is 7.11 Å². The van der Waals surface area contributed by atoms with Gasteiger partial charge in [-0.15, -0.1) is 11.3 Å². The van der Waals surface area contributed by atoms with Crippen LogP contribution in [-0.4, -0.2) is 26.4 Å². The first-order valence-electron chi connectivity index (χ1n) is 6.67. The summed E-state index contributed by atoms with van der Waals surface area (Å²) in [4.78, 5) is 16.5. The third-order valence-corrected chi connectivity index (χ3v) is 4.88. The van der Waals surface area contributed by atoms with E-state index in [1.54, 1.807) is 31.2 Å². The Bertz CT molecular complexity index is 811. The van der Waals surface area contributed by atoms with Crippen LogP contribution in [0.25, 0.3) is 6.08 Å². The number of aromatic nitrogens is 1. The van der Waals surface area contributed by atoms with Crippen LogP contribution < -0.4 is 4.72 Å². The molecule has 0 fully saturated rings. The Morgan fingerprint density at radius 2 is 2.04 bits per heavy atom. The number of carbonyl (C=O) groups excluding carboxylic acids is 1. The first-order valence-corrected chi connectivity index (χ1v) is 9.03. The van der Waals surface area contributed by atoms with Crippen molar-refractivity contribution in [3.8, 4) is 0 Å². The SMILES string of the molecule is COCc1nc(C)c(C(=O)NS(=O)(=O)C=Cc2ccccc2)s1. The molecule has 1 N–H and O–H groups in total. The van der Waals surface area contributed by atoms with E-state index in [2.05, 4.69) is 4.98 Å². The van der Waals surface area contributed by atoms with Crippen LogP contribution in [0.5, 0.6) is 0 Å². The Labute approximate surface area is 138 Å². The molecule has 0 spiro atoms. The lowest BCUT2D eigenvalue weighted by molar-refractivity contribution is 0.0985. The molecule has 1 aromatic heterocycles. The summed E-state index contributed by atoms with van der Waals surface area (Å²) >= 11 is 1.11. The van der Waals surface area contributed by atoms with Crippen molar-refractivity contribution < 1.29 is 17.9 Å². The maximum Gasteiger partial charge on any atom is 0.276 e. The first-order chi connectivity index (χ1) is 10.9. The van der Waals surface area contributed by atoms with Gasteiger partial charge >= 0.3 is 0 Å². The van der Waals surface area contributed by atoms with E-state index in [0.717, 1.165) is 22.3 Å². The van der Waals surface area contributed by atoms with Gasteiger partial charge in [0.15, 0.2) is 0 Å². The largest absolute Gasteiger partial charge is 0.378 e. The van der Waals surface area contributed by atoms with Gasteiger partial charge in [-0.2, -0.15) is 0 Å². The molecule has 0 radical (unpaired) electrons. The summed E-state index contributed by atoms with van der Waals surface area (Å²) in [6.45, 7) is 1.93. The van der Waals surface area contributed by atoms with Gasteiger partial charge in [-0.3, -0.25) is 4.79 Å². The minimum Gasteiger partial charge on any atom is -0.378 e. The normalized spacial score (nSPS) is 11.7. The Morgan fingerprint density at radius 3 is 2.70 bits per heavy atom. The zero-order valence-corrected chi connectivity index (χ0v) is 14.3. The Morgan fingerprint density at radius 1 is 1.35 bits per heavy atom. The lowest BCUT2D eigenvalue weighted by Gasteiger charge is -2.01. The van der Waals surface area contributed by atoms with Crippen molar-refractivity contribution in [2.24, 2.45) is 0 Å². The summed E-state index contributed by atoms with van der Waals surface area (Å²) in [7, 11) is -2.36. The Balaban J connectivity index is 2.11. The van der Waals surface area contributed by atoms with Crippen molar-refractivity contribution in [1.82, 2.24) is 9.71 Å². The Kier molecular flexibility index (Phi) is 5.64. The second-order valence-corrected chi connectivity index (χ2v) is 7.29. The van der Waals surface area contributed by atoms with Gasteiger partial charge < -0.3 is 4.74 Å². The summed E-state index contributed by atoms with van der Waals surface area (Å²) < 4.78 is 30.9. The zero-order valence-electron chi connectivity index (χ0n) is 12.6. The molecule has 2 aromatic rings. The van der Waals surface area contributed by atoms with Crippen LogP contribution in [0.4, 0.5) is 0 Å². The third-order valence-electron chi connectivity index (χ3n) is 2.79. The number of sulfonamides is 1. The number of amides is 1. The van der Waals surface area contributed by atoms with Gasteiger partial charge in [0.2, 0.25) is 0 Å². The summed E-state index contributed by atoms with van der Waals surface area (Å²) in [6, 6.07) is 8.94. The Hall–Kier alpha value is -2.03. The fourth-order valence-electron chi connectivity index (χ4n) is 1.79. The monoisotopic (exact) mass is 352 g/mol. The second-order valence-electron chi connectivity index (χ2n) is 4.64. The number of rotatable bonds is 6. The van der Waals surface area contributed by atoms with Crippen molar-refractivity contribution in [3.05, 3.63) is 56.9 Å².